The molecule has 0 aliphatic heterocycles. The standard InChI is InChI=1S/C15H13F4NO/c1-8-4-2-3-5-9(8)12(20)7-21-15-13(18)10(16)6-11(17)14(15)19/h2-6,12H,7,20H2,1H3. The van der Waals surface area contributed by atoms with E-state index in [-0.39, 0.29) is 12.7 Å². The molecule has 0 spiro atoms. The van der Waals surface area contributed by atoms with Gasteiger partial charge in [-0.3, -0.25) is 0 Å². The minimum atomic E-state index is -1.58. The molecule has 0 amide bonds. The van der Waals surface area contributed by atoms with Gasteiger partial charge >= 0.3 is 0 Å². The van der Waals surface area contributed by atoms with Gasteiger partial charge < -0.3 is 10.5 Å². The van der Waals surface area contributed by atoms with Crippen LogP contribution in [-0.2, 0) is 0 Å². The fraction of sp³-hybridized carbons (Fsp3) is 0.200. The van der Waals surface area contributed by atoms with Gasteiger partial charge in [0, 0.05) is 6.07 Å². The highest BCUT2D eigenvalue weighted by molar-refractivity contribution is 5.30. The smallest absolute Gasteiger partial charge is 0.203 e. The molecule has 1 atom stereocenters. The van der Waals surface area contributed by atoms with Crippen molar-refractivity contribution in [3.05, 3.63) is 64.7 Å². The summed E-state index contributed by atoms with van der Waals surface area (Å²) >= 11 is 0. The molecule has 21 heavy (non-hydrogen) atoms. The van der Waals surface area contributed by atoms with Crippen LogP contribution in [-0.4, -0.2) is 6.61 Å². The molecule has 0 radical (unpaired) electrons. The molecule has 0 fully saturated rings. The lowest BCUT2D eigenvalue weighted by molar-refractivity contribution is 0.252. The Morgan fingerprint density at radius 1 is 1.05 bits per heavy atom. The first-order chi connectivity index (χ1) is 9.91. The minimum absolute atomic E-state index is 0.124. The number of benzene rings is 2. The first kappa shape index (κ1) is 15.3. The summed E-state index contributed by atoms with van der Waals surface area (Å²) in [7, 11) is 0. The van der Waals surface area contributed by atoms with Gasteiger partial charge in [0.15, 0.2) is 17.4 Å². The Hall–Kier alpha value is -2.08. The SMILES string of the molecule is Cc1ccccc1C(N)COc1c(F)c(F)cc(F)c1F. The molecule has 2 aromatic carbocycles. The fourth-order valence-corrected chi connectivity index (χ4v) is 1.94. The number of hydrogen-bond acceptors (Lipinski definition) is 2. The molecule has 2 N–H and O–H groups in total. The molecule has 112 valence electrons. The Labute approximate surface area is 119 Å². The fourth-order valence-electron chi connectivity index (χ4n) is 1.94. The van der Waals surface area contributed by atoms with Crippen molar-refractivity contribution >= 4 is 0 Å². The molecule has 0 aliphatic rings. The van der Waals surface area contributed by atoms with Gasteiger partial charge in [-0.1, -0.05) is 24.3 Å². The third-order valence-corrected chi connectivity index (χ3v) is 3.07. The summed E-state index contributed by atoms with van der Waals surface area (Å²) in [4.78, 5) is 0. The molecule has 2 aromatic rings. The van der Waals surface area contributed by atoms with Gasteiger partial charge in [0.05, 0.1) is 6.04 Å². The number of halogens is 4. The first-order valence-corrected chi connectivity index (χ1v) is 6.18. The molecule has 2 rings (SSSR count). The van der Waals surface area contributed by atoms with Gasteiger partial charge in [-0.05, 0) is 18.1 Å². The van der Waals surface area contributed by atoms with E-state index in [9.17, 15) is 17.6 Å². The third-order valence-electron chi connectivity index (χ3n) is 3.07. The Balaban J connectivity index is 2.19. The monoisotopic (exact) mass is 299 g/mol. The lowest BCUT2D eigenvalue weighted by Crippen LogP contribution is -2.21. The Bertz CT molecular complexity index is 634. The summed E-state index contributed by atoms with van der Waals surface area (Å²) < 4.78 is 57.8. The second-order valence-electron chi connectivity index (χ2n) is 4.57. The summed E-state index contributed by atoms with van der Waals surface area (Å²) in [5, 5.41) is 0. The van der Waals surface area contributed by atoms with Crippen LogP contribution < -0.4 is 10.5 Å². The number of aryl methyl sites for hydroxylation is 1. The zero-order chi connectivity index (χ0) is 15.6. The van der Waals surface area contributed by atoms with E-state index in [2.05, 4.69) is 0 Å². The number of rotatable bonds is 4. The predicted octanol–water partition coefficient (Wildman–Crippen LogP) is 3.63. The van der Waals surface area contributed by atoms with E-state index in [0.717, 1.165) is 11.1 Å². The maximum atomic E-state index is 13.4. The van der Waals surface area contributed by atoms with E-state index < -0.39 is 35.1 Å². The van der Waals surface area contributed by atoms with Crippen LogP contribution in [0.3, 0.4) is 0 Å². The predicted molar refractivity (Wildman–Crippen MR) is 69.9 cm³/mol. The average molecular weight is 299 g/mol. The van der Waals surface area contributed by atoms with Crippen molar-refractivity contribution in [2.24, 2.45) is 5.73 Å². The van der Waals surface area contributed by atoms with Crippen molar-refractivity contribution in [3.8, 4) is 5.75 Å². The molecule has 0 aliphatic carbocycles. The highest BCUT2D eigenvalue weighted by Gasteiger charge is 2.21. The molecule has 0 saturated carbocycles. The molecular weight excluding hydrogens is 286 g/mol. The van der Waals surface area contributed by atoms with Crippen molar-refractivity contribution in [1.29, 1.82) is 0 Å². The largest absolute Gasteiger partial charge is 0.485 e. The Morgan fingerprint density at radius 2 is 1.62 bits per heavy atom. The zero-order valence-corrected chi connectivity index (χ0v) is 11.2. The maximum absolute atomic E-state index is 13.4. The van der Waals surface area contributed by atoms with Crippen LogP contribution >= 0.6 is 0 Å². The summed E-state index contributed by atoms with van der Waals surface area (Å²) in [6, 6.07) is 6.56. The second kappa shape index (κ2) is 6.13. The highest BCUT2D eigenvalue weighted by Crippen LogP contribution is 2.27. The van der Waals surface area contributed by atoms with Crippen LogP contribution in [0.2, 0.25) is 0 Å². The van der Waals surface area contributed by atoms with Crippen molar-refractivity contribution < 1.29 is 22.3 Å². The zero-order valence-electron chi connectivity index (χ0n) is 11.2. The van der Waals surface area contributed by atoms with E-state index in [4.69, 9.17) is 10.5 Å². The topological polar surface area (TPSA) is 35.2 Å². The Kier molecular flexibility index (Phi) is 4.47. The summed E-state index contributed by atoms with van der Waals surface area (Å²) in [5.74, 6) is -7.30. The van der Waals surface area contributed by atoms with Crippen LogP contribution in [0.1, 0.15) is 17.2 Å². The van der Waals surface area contributed by atoms with Crippen molar-refractivity contribution in [2.45, 2.75) is 13.0 Å². The van der Waals surface area contributed by atoms with E-state index in [1.54, 1.807) is 12.1 Å². The summed E-state index contributed by atoms with van der Waals surface area (Å²) in [6.45, 7) is 1.50. The maximum Gasteiger partial charge on any atom is 0.203 e. The molecular formula is C15H13F4NO. The van der Waals surface area contributed by atoms with E-state index in [1.807, 2.05) is 19.1 Å². The van der Waals surface area contributed by atoms with Gasteiger partial charge in [-0.2, -0.15) is 8.78 Å². The highest BCUT2D eigenvalue weighted by atomic mass is 19.2. The average Bonchev–Trinajstić information content (AvgIpc) is 2.45. The first-order valence-electron chi connectivity index (χ1n) is 6.18. The minimum Gasteiger partial charge on any atom is -0.485 e. The van der Waals surface area contributed by atoms with Crippen LogP contribution in [0.5, 0.6) is 5.75 Å². The molecule has 6 heteroatoms. The molecule has 0 aromatic heterocycles. The van der Waals surface area contributed by atoms with Gasteiger partial charge in [0.1, 0.15) is 6.61 Å². The van der Waals surface area contributed by atoms with E-state index in [0.29, 0.717) is 0 Å². The van der Waals surface area contributed by atoms with E-state index in [1.165, 1.54) is 0 Å². The second-order valence-corrected chi connectivity index (χ2v) is 4.57. The Morgan fingerprint density at radius 3 is 2.19 bits per heavy atom. The van der Waals surface area contributed by atoms with Crippen molar-refractivity contribution in [2.75, 3.05) is 6.61 Å². The molecule has 2 nitrogen and oxygen atoms in total. The number of hydrogen-bond donors (Lipinski definition) is 1. The molecule has 1 unspecified atom stereocenters. The van der Waals surface area contributed by atoms with Gasteiger partial charge in [0.25, 0.3) is 0 Å². The van der Waals surface area contributed by atoms with Crippen molar-refractivity contribution in [3.63, 3.8) is 0 Å². The van der Waals surface area contributed by atoms with Crippen LogP contribution in [0.4, 0.5) is 17.6 Å². The number of ether oxygens (including phenoxy) is 1. The summed E-state index contributed by atoms with van der Waals surface area (Å²) in [6.07, 6.45) is 0. The van der Waals surface area contributed by atoms with Gasteiger partial charge in [0.2, 0.25) is 11.6 Å². The van der Waals surface area contributed by atoms with E-state index >= 15 is 0 Å². The van der Waals surface area contributed by atoms with Crippen LogP contribution in [0, 0.1) is 30.2 Å². The van der Waals surface area contributed by atoms with Crippen molar-refractivity contribution in [1.82, 2.24) is 0 Å². The normalized spacial score (nSPS) is 12.3. The third kappa shape index (κ3) is 3.16. The molecule has 0 heterocycles. The summed E-state index contributed by atoms with van der Waals surface area (Å²) in [5.41, 5.74) is 7.46. The molecule has 0 saturated heterocycles. The number of nitrogens with two attached hydrogens (primary N) is 1. The van der Waals surface area contributed by atoms with Gasteiger partial charge in [-0.15, -0.1) is 0 Å². The molecule has 0 bridgehead atoms. The lowest BCUT2D eigenvalue weighted by atomic mass is 10.0. The lowest BCUT2D eigenvalue weighted by Gasteiger charge is -2.16. The van der Waals surface area contributed by atoms with Gasteiger partial charge in [-0.25, -0.2) is 8.78 Å². The quantitative estimate of drug-likeness (QED) is 0.691. The van der Waals surface area contributed by atoms with Crippen LogP contribution in [0.25, 0.3) is 0 Å². The van der Waals surface area contributed by atoms with Crippen LogP contribution in [0.15, 0.2) is 30.3 Å².